The Hall–Kier alpha value is -1.36. The van der Waals surface area contributed by atoms with Gasteiger partial charge < -0.3 is 10.4 Å². The van der Waals surface area contributed by atoms with Crippen LogP contribution in [-0.2, 0) is 4.79 Å². The molecule has 5 nitrogen and oxygen atoms in total. The van der Waals surface area contributed by atoms with Gasteiger partial charge in [0.2, 0.25) is 0 Å². The van der Waals surface area contributed by atoms with Gasteiger partial charge in [-0.1, -0.05) is 18.0 Å². The summed E-state index contributed by atoms with van der Waals surface area (Å²) in [5, 5.41) is 11.9. The first-order valence-electron chi connectivity index (χ1n) is 5.11. The predicted octanol–water partition coefficient (Wildman–Crippen LogP) is 2.19. The van der Waals surface area contributed by atoms with Crippen LogP contribution in [0.5, 0.6) is 0 Å². The fourth-order valence-electron chi connectivity index (χ4n) is 1.22. The lowest BCUT2D eigenvalue weighted by Crippen LogP contribution is -2.04. The van der Waals surface area contributed by atoms with Gasteiger partial charge in [0, 0.05) is 13.0 Å². The molecule has 0 radical (unpaired) electrons. The molecule has 0 aromatic carbocycles. The highest BCUT2D eigenvalue weighted by Gasteiger charge is 1.97. The molecule has 0 atom stereocenters. The van der Waals surface area contributed by atoms with E-state index in [4.69, 9.17) is 16.7 Å². The van der Waals surface area contributed by atoms with Gasteiger partial charge in [-0.2, -0.15) is 0 Å². The van der Waals surface area contributed by atoms with Gasteiger partial charge in [0.1, 0.15) is 11.0 Å². The summed E-state index contributed by atoms with van der Waals surface area (Å²) in [5.74, 6) is -0.0978. The minimum atomic E-state index is -0.742. The number of anilines is 1. The zero-order chi connectivity index (χ0) is 11.8. The number of aliphatic carboxylic acids is 1. The second-order valence-electron chi connectivity index (χ2n) is 3.36. The van der Waals surface area contributed by atoms with E-state index in [-0.39, 0.29) is 6.42 Å². The molecule has 88 valence electrons. The van der Waals surface area contributed by atoms with Crippen LogP contribution in [0, 0.1) is 0 Å². The molecular weight excluding hydrogens is 230 g/mol. The summed E-state index contributed by atoms with van der Waals surface area (Å²) in [4.78, 5) is 18.1. The van der Waals surface area contributed by atoms with Crippen molar-refractivity contribution >= 4 is 23.4 Å². The van der Waals surface area contributed by atoms with E-state index in [1.54, 1.807) is 6.20 Å². The van der Waals surface area contributed by atoms with Crippen molar-refractivity contribution in [1.82, 2.24) is 9.97 Å². The lowest BCUT2D eigenvalue weighted by molar-refractivity contribution is -0.137. The van der Waals surface area contributed by atoms with Crippen molar-refractivity contribution in [2.45, 2.75) is 25.7 Å². The smallest absolute Gasteiger partial charge is 0.303 e. The van der Waals surface area contributed by atoms with E-state index in [2.05, 4.69) is 15.3 Å². The third-order valence-corrected chi connectivity index (χ3v) is 2.16. The number of carboxylic acid groups (broad SMARTS) is 1. The average molecular weight is 244 g/mol. The zero-order valence-electron chi connectivity index (χ0n) is 8.82. The number of aromatic nitrogens is 2. The maximum absolute atomic E-state index is 10.2. The van der Waals surface area contributed by atoms with Crippen LogP contribution in [0.4, 0.5) is 5.82 Å². The van der Waals surface area contributed by atoms with Crippen LogP contribution in [0.3, 0.4) is 0 Å². The van der Waals surface area contributed by atoms with Crippen LogP contribution in [-0.4, -0.2) is 27.6 Å². The summed E-state index contributed by atoms with van der Waals surface area (Å²) in [6.07, 6.45) is 5.80. The van der Waals surface area contributed by atoms with Gasteiger partial charge in [0.05, 0.1) is 12.4 Å². The van der Waals surface area contributed by atoms with Crippen molar-refractivity contribution in [1.29, 1.82) is 0 Å². The van der Waals surface area contributed by atoms with Gasteiger partial charge in [-0.05, 0) is 12.8 Å². The van der Waals surface area contributed by atoms with Crippen LogP contribution in [0.25, 0.3) is 0 Å². The first-order chi connectivity index (χ1) is 7.68. The first-order valence-corrected chi connectivity index (χ1v) is 5.49. The maximum Gasteiger partial charge on any atom is 0.303 e. The fraction of sp³-hybridized carbons (Fsp3) is 0.500. The zero-order valence-corrected chi connectivity index (χ0v) is 9.57. The highest BCUT2D eigenvalue weighted by molar-refractivity contribution is 6.29. The SMILES string of the molecule is O=C(O)CCCCCNc1cncc(Cl)n1. The monoisotopic (exact) mass is 243 g/mol. The number of rotatable bonds is 7. The van der Waals surface area contributed by atoms with Crippen molar-refractivity contribution in [3.63, 3.8) is 0 Å². The average Bonchev–Trinajstić information content (AvgIpc) is 2.23. The normalized spacial score (nSPS) is 10.1. The molecule has 0 amide bonds. The Morgan fingerprint density at radius 2 is 2.19 bits per heavy atom. The second-order valence-corrected chi connectivity index (χ2v) is 3.75. The highest BCUT2D eigenvalue weighted by atomic mass is 35.5. The van der Waals surface area contributed by atoms with Gasteiger partial charge in [0.15, 0.2) is 0 Å². The molecule has 0 aliphatic rings. The van der Waals surface area contributed by atoms with Crippen LogP contribution in [0.1, 0.15) is 25.7 Å². The van der Waals surface area contributed by atoms with Crippen molar-refractivity contribution in [3.8, 4) is 0 Å². The number of carbonyl (C=O) groups is 1. The second kappa shape index (κ2) is 7.00. The lowest BCUT2D eigenvalue weighted by Gasteiger charge is -2.04. The molecule has 0 saturated heterocycles. The Balaban J connectivity index is 2.09. The Morgan fingerprint density at radius 1 is 1.38 bits per heavy atom. The van der Waals surface area contributed by atoms with E-state index in [9.17, 15) is 4.79 Å². The van der Waals surface area contributed by atoms with Crippen LogP contribution < -0.4 is 5.32 Å². The number of halogens is 1. The topological polar surface area (TPSA) is 75.1 Å². The van der Waals surface area contributed by atoms with Crippen LogP contribution in [0.15, 0.2) is 12.4 Å². The summed E-state index contributed by atoms with van der Waals surface area (Å²) in [6, 6.07) is 0. The van der Waals surface area contributed by atoms with Crippen LogP contribution in [0.2, 0.25) is 5.15 Å². The maximum atomic E-state index is 10.2. The number of unbranched alkanes of at least 4 members (excludes halogenated alkanes) is 2. The van der Waals surface area contributed by atoms with Gasteiger partial charge in [-0.15, -0.1) is 0 Å². The number of carboxylic acids is 1. The summed E-state index contributed by atoms with van der Waals surface area (Å²) in [7, 11) is 0. The number of nitrogens with one attached hydrogen (secondary N) is 1. The molecule has 2 N–H and O–H groups in total. The molecule has 1 aromatic rings. The third kappa shape index (κ3) is 5.50. The van der Waals surface area contributed by atoms with Gasteiger partial charge in [0.25, 0.3) is 0 Å². The molecule has 0 saturated carbocycles. The van der Waals surface area contributed by atoms with E-state index >= 15 is 0 Å². The quantitative estimate of drug-likeness (QED) is 0.718. The summed E-state index contributed by atoms with van der Waals surface area (Å²) >= 11 is 5.66. The highest BCUT2D eigenvalue weighted by Crippen LogP contribution is 2.07. The Kier molecular flexibility index (Phi) is 5.56. The van der Waals surface area contributed by atoms with Gasteiger partial charge in [-0.3, -0.25) is 9.78 Å². The van der Waals surface area contributed by atoms with Gasteiger partial charge >= 0.3 is 5.97 Å². The van der Waals surface area contributed by atoms with Crippen molar-refractivity contribution < 1.29 is 9.90 Å². The van der Waals surface area contributed by atoms with E-state index in [0.717, 1.165) is 19.4 Å². The standard InChI is InChI=1S/C10H14ClN3O2/c11-8-6-12-7-9(14-8)13-5-3-1-2-4-10(15)16/h6-7H,1-5H2,(H,13,14)(H,15,16). The Labute approximate surface area is 98.9 Å². The molecule has 0 spiro atoms. The van der Waals surface area contributed by atoms with E-state index < -0.39 is 5.97 Å². The number of hydrogen-bond donors (Lipinski definition) is 2. The minimum absolute atomic E-state index is 0.233. The largest absolute Gasteiger partial charge is 0.481 e. The number of nitrogens with zero attached hydrogens (tertiary/aromatic N) is 2. The summed E-state index contributed by atoms with van der Waals surface area (Å²) in [6.45, 7) is 0.745. The van der Waals surface area contributed by atoms with E-state index in [1.165, 1.54) is 6.20 Å². The van der Waals surface area contributed by atoms with E-state index in [0.29, 0.717) is 17.4 Å². The molecule has 16 heavy (non-hydrogen) atoms. The number of hydrogen-bond acceptors (Lipinski definition) is 4. The van der Waals surface area contributed by atoms with Gasteiger partial charge in [-0.25, -0.2) is 4.98 Å². The molecule has 1 aromatic heterocycles. The fourth-order valence-corrected chi connectivity index (χ4v) is 1.37. The molecule has 0 aliphatic carbocycles. The van der Waals surface area contributed by atoms with Crippen molar-refractivity contribution in [2.75, 3.05) is 11.9 Å². The molecule has 0 aliphatic heterocycles. The predicted molar refractivity (Wildman–Crippen MR) is 61.6 cm³/mol. The molecule has 0 unspecified atom stereocenters. The van der Waals surface area contributed by atoms with E-state index in [1.807, 2.05) is 0 Å². The van der Waals surface area contributed by atoms with Crippen molar-refractivity contribution in [3.05, 3.63) is 17.5 Å². The van der Waals surface area contributed by atoms with Crippen molar-refractivity contribution in [2.24, 2.45) is 0 Å². The molecular formula is C10H14ClN3O2. The summed E-state index contributed by atoms with van der Waals surface area (Å²) in [5.41, 5.74) is 0. The molecule has 0 fully saturated rings. The minimum Gasteiger partial charge on any atom is -0.481 e. The molecule has 0 bridgehead atoms. The molecule has 1 rings (SSSR count). The van der Waals surface area contributed by atoms with Crippen LogP contribution >= 0.6 is 11.6 Å². The lowest BCUT2D eigenvalue weighted by atomic mass is 10.2. The molecule has 6 heteroatoms. The summed E-state index contributed by atoms with van der Waals surface area (Å²) < 4.78 is 0. The Morgan fingerprint density at radius 3 is 2.88 bits per heavy atom. The Bertz CT molecular complexity index is 347. The first kappa shape index (κ1) is 12.7. The molecule has 1 heterocycles. The third-order valence-electron chi connectivity index (χ3n) is 1.98.